The van der Waals surface area contributed by atoms with Crippen LogP contribution in [-0.4, -0.2) is 71.2 Å². The molecule has 8 heteroatoms. The number of nitrogens with zero attached hydrogens (tertiary/aromatic N) is 3. The van der Waals surface area contributed by atoms with E-state index in [1.807, 2.05) is 92.7 Å². The molecule has 3 aromatic carbocycles. The normalized spacial score (nSPS) is 24.9. The number of rotatable bonds is 12. The van der Waals surface area contributed by atoms with Gasteiger partial charge < -0.3 is 24.5 Å². The van der Waals surface area contributed by atoms with E-state index in [1.54, 1.807) is 26.9 Å². The molecule has 0 saturated carbocycles. The number of aliphatic hydroxyl groups excluding tert-OH is 1. The molecule has 1 spiro atoms. The topological polar surface area (TPSA) is 90.4 Å². The Morgan fingerprint density at radius 1 is 0.979 bits per heavy atom. The van der Waals surface area contributed by atoms with Gasteiger partial charge in [-0.25, -0.2) is 0 Å². The van der Waals surface area contributed by atoms with Gasteiger partial charge in [0.25, 0.3) is 5.91 Å². The maximum absolute atomic E-state index is 15.1. The zero-order chi connectivity index (χ0) is 33.3. The molecule has 3 amide bonds. The van der Waals surface area contributed by atoms with Gasteiger partial charge in [0.05, 0.1) is 30.6 Å². The Bertz CT molecular complexity index is 1660. The summed E-state index contributed by atoms with van der Waals surface area (Å²) >= 11 is 0. The van der Waals surface area contributed by atoms with Crippen LogP contribution in [0.5, 0.6) is 0 Å². The Balaban J connectivity index is 1.46. The fraction of sp³-hybridized carbons (Fsp3) is 0.359. The number of hydrogen-bond acceptors (Lipinski definition) is 5. The van der Waals surface area contributed by atoms with E-state index in [4.69, 9.17) is 4.74 Å². The molecular weight excluding hydrogens is 590 g/mol. The largest absolute Gasteiger partial charge is 0.394 e. The van der Waals surface area contributed by atoms with E-state index in [-0.39, 0.29) is 37.4 Å². The molecule has 0 radical (unpaired) electrons. The number of para-hydroxylation sites is 1. The van der Waals surface area contributed by atoms with E-state index in [0.717, 1.165) is 22.4 Å². The molecule has 8 nitrogen and oxygen atoms in total. The summed E-state index contributed by atoms with van der Waals surface area (Å²) in [6.07, 6.45) is 4.17. The molecule has 0 aliphatic carbocycles. The molecule has 3 heterocycles. The van der Waals surface area contributed by atoms with Crippen LogP contribution in [0.2, 0.25) is 0 Å². The molecule has 3 aromatic rings. The molecule has 2 bridgehead atoms. The molecule has 3 aliphatic heterocycles. The highest BCUT2D eigenvalue weighted by Gasteiger charge is 2.75. The summed E-state index contributed by atoms with van der Waals surface area (Å²) in [5.41, 5.74) is 3.03. The average Bonchev–Trinajstić information content (AvgIpc) is 3.74. The average molecular weight is 634 g/mol. The number of aliphatic hydroxyl groups is 1. The monoisotopic (exact) mass is 633 g/mol. The van der Waals surface area contributed by atoms with Crippen molar-refractivity contribution >= 4 is 29.1 Å². The first-order chi connectivity index (χ1) is 22.7. The van der Waals surface area contributed by atoms with Crippen LogP contribution in [0.1, 0.15) is 29.5 Å². The maximum Gasteiger partial charge on any atom is 0.253 e. The second-order valence-electron chi connectivity index (χ2n) is 12.9. The van der Waals surface area contributed by atoms with Crippen molar-refractivity contribution in [2.45, 2.75) is 56.9 Å². The summed E-state index contributed by atoms with van der Waals surface area (Å²) in [5, 5.41) is 10.9. The molecule has 244 valence electrons. The summed E-state index contributed by atoms with van der Waals surface area (Å²) in [6.45, 7) is 11.9. The number of amides is 3. The number of carbonyl (C=O) groups is 3. The lowest BCUT2D eigenvalue weighted by Gasteiger charge is -2.39. The van der Waals surface area contributed by atoms with E-state index >= 15 is 4.79 Å². The number of anilines is 2. The van der Waals surface area contributed by atoms with E-state index in [9.17, 15) is 14.7 Å². The van der Waals surface area contributed by atoms with E-state index in [1.165, 1.54) is 0 Å². The summed E-state index contributed by atoms with van der Waals surface area (Å²) in [7, 11) is 0. The number of benzene rings is 3. The van der Waals surface area contributed by atoms with Gasteiger partial charge in [-0.2, -0.15) is 0 Å². The third kappa shape index (κ3) is 5.59. The predicted octanol–water partition coefficient (Wildman–Crippen LogP) is 5.02. The third-order valence-electron chi connectivity index (χ3n) is 10.1. The Morgan fingerprint density at radius 2 is 1.64 bits per heavy atom. The van der Waals surface area contributed by atoms with Crippen molar-refractivity contribution in [3.63, 3.8) is 0 Å². The van der Waals surface area contributed by atoms with Gasteiger partial charge in [0, 0.05) is 24.5 Å². The van der Waals surface area contributed by atoms with Crippen LogP contribution in [0.4, 0.5) is 11.4 Å². The minimum absolute atomic E-state index is 0.220. The predicted molar refractivity (Wildman–Crippen MR) is 183 cm³/mol. The Labute approximate surface area is 276 Å². The van der Waals surface area contributed by atoms with Crippen LogP contribution in [0.15, 0.2) is 104 Å². The van der Waals surface area contributed by atoms with Crippen molar-refractivity contribution in [1.29, 1.82) is 0 Å². The number of likely N-dealkylation sites (tertiary alicyclic amines) is 1. The summed E-state index contributed by atoms with van der Waals surface area (Å²) in [4.78, 5) is 49.4. The molecule has 1 N–H and O–H groups in total. The van der Waals surface area contributed by atoms with Gasteiger partial charge in [-0.3, -0.25) is 14.4 Å². The van der Waals surface area contributed by atoms with Crippen LogP contribution >= 0.6 is 0 Å². The molecular formula is C39H43N3O5. The molecule has 6 rings (SSSR count). The fourth-order valence-electron chi connectivity index (χ4n) is 8.02. The van der Waals surface area contributed by atoms with Gasteiger partial charge in [-0.1, -0.05) is 72.8 Å². The van der Waals surface area contributed by atoms with Crippen LogP contribution in [0.25, 0.3) is 0 Å². The molecule has 3 aliphatic rings. The van der Waals surface area contributed by atoms with Crippen LogP contribution < -0.4 is 9.80 Å². The van der Waals surface area contributed by atoms with Crippen molar-refractivity contribution in [2.75, 3.05) is 29.5 Å². The Hall–Kier alpha value is -4.53. The minimum Gasteiger partial charge on any atom is -0.394 e. The van der Waals surface area contributed by atoms with E-state index in [2.05, 4.69) is 13.2 Å². The molecule has 3 fully saturated rings. The van der Waals surface area contributed by atoms with E-state index < -0.39 is 35.6 Å². The first-order valence-corrected chi connectivity index (χ1v) is 16.4. The lowest BCUT2D eigenvalue weighted by atomic mass is 9.70. The highest BCUT2D eigenvalue weighted by Crippen LogP contribution is 2.59. The second-order valence-corrected chi connectivity index (χ2v) is 12.9. The number of ether oxygens (including phenoxy) is 1. The summed E-state index contributed by atoms with van der Waals surface area (Å²) in [5.74, 6) is -2.53. The van der Waals surface area contributed by atoms with Crippen molar-refractivity contribution in [1.82, 2.24) is 4.90 Å². The standard InChI is InChI=1S/C39H43N3O5/c1-5-21-40(29-15-11-8-12-16-29)36(44)33-32-19-20-39(47-32)34(33)37(45)42(30(25-43)24-28-13-9-7-10-14-28)35(39)38(46)41(22-6-2)31-23-26(3)17-18-27(31)4/h5-18,23,30,32-35,43H,1-2,19-22,24-25H2,3-4H3/t30-,32-,33+,34+,35?,39?/m1/s1. The SMILES string of the molecule is C=CCN(C(=O)[C@@H]1[C@H]2C(=O)N([C@@H](CO)Cc3ccccc3)C(C(=O)N(CC=C)c3cc(C)ccc3C)C23CC[C@H]1O3)c1ccccc1. The quantitative estimate of drug-likeness (QED) is 0.283. The first-order valence-electron chi connectivity index (χ1n) is 16.4. The molecule has 6 atom stereocenters. The second kappa shape index (κ2) is 13.3. The highest BCUT2D eigenvalue weighted by atomic mass is 16.5. The molecule has 3 saturated heterocycles. The maximum atomic E-state index is 15.1. The van der Waals surface area contributed by atoms with E-state index in [0.29, 0.717) is 24.9 Å². The molecule has 47 heavy (non-hydrogen) atoms. The van der Waals surface area contributed by atoms with Gasteiger partial charge in [0.15, 0.2) is 0 Å². The summed E-state index contributed by atoms with van der Waals surface area (Å²) in [6, 6.07) is 23.1. The smallest absolute Gasteiger partial charge is 0.253 e. The Morgan fingerprint density at radius 3 is 2.30 bits per heavy atom. The summed E-state index contributed by atoms with van der Waals surface area (Å²) < 4.78 is 6.79. The van der Waals surface area contributed by atoms with Gasteiger partial charge >= 0.3 is 0 Å². The number of aryl methyl sites for hydroxylation is 2. The lowest BCUT2D eigenvalue weighted by molar-refractivity contribution is -0.144. The van der Waals surface area contributed by atoms with Gasteiger partial charge in [0.1, 0.15) is 11.6 Å². The number of carbonyl (C=O) groups excluding carboxylic acids is 3. The molecule has 0 aromatic heterocycles. The van der Waals surface area contributed by atoms with Gasteiger partial charge in [-0.05, 0) is 68.0 Å². The lowest BCUT2D eigenvalue weighted by Crippen LogP contribution is -2.59. The molecule has 2 unspecified atom stereocenters. The van der Waals surface area contributed by atoms with Gasteiger partial charge in [-0.15, -0.1) is 13.2 Å². The van der Waals surface area contributed by atoms with Crippen LogP contribution in [0.3, 0.4) is 0 Å². The third-order valence-corrected chi connectivity index (χ3v) is 10.1. The Kier molecular flexibility index (Phi) is 9.17. The van der Waals surface area contributed by atoms with Crippen LogP contribution in [-0.2, 0) is 25.5 Å². The first kappa shape index (κ1) is 32.4. The fourth-order valence-corrected chi connectivity index (χ4v) is 8.02. The highest BCUT2D eigenvalue weighted by molar-refractivity contribution is 6.07. The van der Waals surface area contributed by atoms with Crippen molar-refractivity contribution in [3.8, 4) is 0 Å². The zero-order valence-corrected chi connectivity index (χ0v) is 27.1. The van der Waals surface area contributed by atoms with Gasteiger partial charge in [0.2, 0.25) is 11.8 Å². The van der Waals surface area contributed by atoms with Crippen molar-refractivity contribution in [2.24, 2.45) is 11.8 Å². The van der Waals surface area contributed by atoms with Crippen molar-refractivity contribution < 1.29 is 24.2 Å². The number of hydrogen-bond donors (Lipinski definition) is 1. The zero-order valence-electron chi connectivity index (χ0n) is 27.1. The minimum atomic E-state index is -1.23. The van der Waals surface area contributed by atoms with Crippen molar-refractivity contribution in [3.05, 3.63) is 121 Å². The van der Waals surface area contributed by atoms with Crippen LogP contribution in [0, 0.1) is 25.7 Å². The number of fused-ring (bicyclic) bond motifs is 1.